The van der Waals surface area contributed by atoms with Gasteiger partial charge in [-0.15, -0.1) is 0 Å². The minimum Gasteiger partial charge on any atom is -0.400 e. The van der Waals surface area contributed by atoms with Gasteiger partial charge < -0.3 is 27.0 Å². The van der Waals surface area contributed by atoms with Crippen molar-refractivity contribution in [2.45, 2.75) is 44.2 Å². The van der Waals surface area contributed by atoms with Crippen molar-refractivity contribution in [3.8, 4) is 0 Å². The van der Waals surface area contributed by atoms with E-state index in [4.69, 9.17) is 9.84 Å². The maximum absolute atomic E-state index is 9.29. The van der Waals surface area contributed by atoms with Gasteiger partial charge in [0, 0.05) is 13.2 Å². The third-order valence-corrected chi connectivity index (χ3v) is 2.11. The van der Waals surface area contributed by atoms with Crippen molar-refractivity contribution < 1.29 is 78.2 Å². The molecule has 0 aromatic carbocycles. The van der Waals surface area contributed by atoms with Crippen LogP contribution in [0.1, 0.15) is 19.8 Å². The smallest absolute Gasteiger partial charge is 0.400 e. The molecule has 0 aliphatic carbocycles. The maximum Gasteiger partial charge on any atom is 1.00 e. The molecule has 0 aromatic rings. The van der Waals surface area contributed by atoms with Crippen molar-refractivity contribution >= 4 is 0 Å². The van der Waals surface area contributed by atoms with Gasteiger partial charge in [-0.3, -0.25) is 0 Å². The zero-order chi connectivity index (χ0) is 10.4. The van der Waals surface area contributed by atoms with E-state index in [1.807, 2.05) is 0 Å². The van der Waals surface area contributed by atoms with Crippen molar-refractivity contribution in [3.63, 3.8) is 0 Å². The van der Waals surface area contributed by atoms with Crippen LogP contribution in [0.15, 0.2) is 0 Å². The van der Waals surface area contributed by atoms with Crippen molar-refractivity contribution in [2.24, 2.45) is 0 Å². The molecule has 1 aliphatic heterocycles. The summed E-state index contributed by atoms with van der Waals surface area (Å²) in [6.07, 6.45) is -0.513. The third-order valence-electron chi connectivity index (χ3n) is 2.11. The van der Waals surface area contributed by atoms with Crippen LogP contribution in [0.5, 0.6) is 0 Å². The summed E-state index contributed by atoms with van der Waals surface area (Å²) in [5.74, 6) is 0. The number of hydrogen-bond acceptors (Lipinski definition) is 4. The number of rotatable bonds is 1. The van der Waals surface area contributed by atoms with Gasteiger partial charge in [0.25, 0.3) is 0 Å². The Kier molecular flexibility index (Phi) is 12.7. The van der Waals surface area contributed by atoms with E-state index in [0.717, 1.165) is 7.11 Å². The fraction of sp³-hybridized carbons (Fsp3) is 0.889. The van der Waals surface area contributed by atoms with Gasteiger partial charge in [0.1, 0.15) is 6.10 Å². The van der Waals surface area contributed by atoms with E-state index >= 15 is 0 Å². The van der Waals surface area contributed by atoms with Crippen LogP contribution in [0, 0.1) is 6.92 Å². The molecule has 1 saturated heterocycles. The normalized spacial score (nSPS) is 36.4. The Morgan fingerprint density at radius 2 is 1.86 bits per heavy atom. The number of aliphatic hydroxyl groups excluding tert-OH is 3. The summed E-state index contributed by atoms with van der Waals surface area (Å²) in [7, 11) is 1.00. The zero-order valence-corrected chi connectivity index (χ0v) is 14.1. The molecule has 0 saturated carbocycles. The molecule has 4 atom stereocenters. The first-order valence-corrected chi connectivity index (χ1v) is 4.40. The molecule has 1 heterocycles. The average Bonchev–Trinajstić information content (AvgIpc) is 2.16. The van der Waals surface area contributed by atoms with Gasteiger partial charge in [-0.25, -0.2) is 0 Å². The van der Waals surface area contributed by atoms with Gasteiger partial charge in [0.15, 0.2) is 0 Å². The summed E-state index contributed by atoms with van der Waals surface area (Å²) in [6, 6.07) is 0. The van der Waals surface area contributed by atoms with Crippen molar-refractivity contribution in [1.29, 1.82) is 0 Å². The van der Waals surface area contributed by atoms with Gasteiger partial charge in [-0.05, 0) is 13.3 Å². The minimum absolute atomic E-state index is 0. The van der Waals surface area contributed by atoms with Crippen LogP contribution in [0.4, 0.5) is 0 Å². The minimum atomic E-state index is -0.738. The molecule has 1 rings (SSSR count). The summed E-state index contributed by atoms with van der Waals surface area (Å²) in [5.41, 5.74) is 0. The number of aliphatic hydroxyl groups is 3. The Labute approximate surface area is 134 Å². The van der Waals surface area contributed by atoms with E-state index in [0.29, 0.717) is 12.8 Å². The third kappa shape index (κ3) is 5.65. The first-order valence-electron chi connectivity index (χ1n) is 4.40. The van der Waals surface area contributed by atoms with E-state index in [-0.39, 0.29) is 70.4 Å². The SMILES string of the molecule is CO.[CH2-]CC1CC(O)C(O)C(C)O1.[Rb+]. The molecule has 80 valence electrons. The van der Waals surface area contributed by atoms with Crippen LogP contribution >= 0.6 is 0 Å². The predicted octanol–water partition coefficient (Wildman–Crippen LogP) is -3.28. The molecule has 1 aliphatic rings. The van der Waals surface area contributed by atoms with Crippen LogP contribution in [0.2, 0.25) is 0 Å². The van der Waals surface area contributed by atoms with Crippen LogP contribution in [0.3, 0.4) is 0 Å². The number of hydrogen-bond donors (Lipinski definition) is 3. The topological polar surface area (TPSA) is 69.9 Å². The van der Waals surface area contributed by atoms with E-state index in [2.05, 4.69) is 6.92 Å². The van der Waals surface area contributed by atoms with Gasteiger partial charge in [-0.1, -0.05) is 0 Å². The fourth-order valence-corrected chi connectivity index (χ4v) is 1.35. The Balaban J connectivity index is 0. The fourth-order valence-electron chi connectivity index (χ4n) is 1.35. The summed E-state index contributed by atoms with van der Waals surface area (Å²) in [5, 5.41) is 25.6. The zero-order valence-electron chi connectivity index (χ0n) is 9.18. The molecule has 0 amide bonds. The monoisotopic (exact) mass is 276 g/mol. The van der Waals surface area contributed by atoms with Crippen LogP contribution in [0.25, 0.3) is 0 Å². The first-order chi connectivity index (χ1) is 6.15. The second-order valence-corrected chi connectivity index (χ2v) is 3.05. The van der Waals surface area contributed by atoms with E-state index in [1.54, 1.807) is 6.92 Å². The molecule has 1 fully saturated rings. The van der Waals surface area contributed by atoms with Crippen molar-refractivity contribution in [3.05, 3.63) is 6.92 Å². The van der Waals surface area contributed by atoms with Gasteiger partial charge in [0.2, 0.25) is 0 Å². The molecule has 0 bridgehead atoms. The Morgan fingerprint density at radius 1 is 1.36 bits per heavy atom. The van der Waals surface area contributed by atoms with Crippen LogP contribution < -0.4 is 58.2 Å². The van der Waals surface area contributed by atoms with Crippen LogP contribution in [-0.4, -0.2) is 46.8 Å². The Hall–Kier alpha value is 1.65. The quantitative estimate of drug-likeness (QED) is 0.440. The Morgan fingerprint density at radius 3 is 2.21 bits per heavy atom. The van der Waals surface area contributed by atoms with Crippen molar-refractivity contribution in [2.75, 3.05) is 7.11 Å². The second kappa shape index (κ2) is 9.84. The first kappa shape index (κ1) is 18.0. The van der Waals surface area contributed by atoms with Gasteiger partial charge in [-0.2, -0.15) is 6.42 Å². The summed E-state index contributed by atoms with van der Waals surface area (Å²) < 4.78 is 5.35. The summed E-state index contributed by atoms with van der Waals surface area (Å²) >= 11 is 0. The maximum atomic E-state index is 9.29. The molecule has 14 heavy (non-hydrogen) atoms. The summed E-state index contributed by atoms with van der Waals surface area (Å²) in [4.78, 5) is 0. The number of ether oxygens (including phenoxy) is 1. The molecule has 4 nitrogen and oxygen atoms in total. The molecule has 0 aromatic heterocycles. The summed E-state index contributed by atoms with van der Waals surface area (Å²) in [6.45, 7) is 5.45. The molecule has 4 unspecified atom stereocenters. The largest absolute Gasteiger partial charge is 1.00 e. The van der Waals surface area contributed by atoms with E-state index < -0.39 is 12.2 Å². The molecule has 5 heteroatoms. The molecule has 0 radical (unpaired) electrons. The average molecular weight is 277 g/mol. The predicted molar refractivity (Wildman–Crippen MR) is 49.1 cm³/mol. The van der Waals surface area contributed by atoms with Crippen molar-refractivity contribution in [1.82, 2.24) is 0 Å². The molecular weight excluding hydrogens is 258 g/mol. The van der Waals surface area contributed by atoms with Gasteiger partial charge >= 0.3 is 58.2 Å². The standard InChI is InChI=1S/C8H15O3.CH4O.Rb/c1-3-6-4-7(9)8(10)5(2)11-6;1-2;/h5-10H,1,3-4H2,2H3;2H,1H3;/q-1;;+1. The van der Waals surface area contributed by atoms with E-state index in [9.17, 15) is 10.2 Å². The Bertz CT molecular complexity index is 122. The molecular formula is C9H19O4Rb. The van der Waals surface area contributed by atoms with Crippen LogP contribution in [-0.2, 0) is 4.74 Å². The van der Waals surface area contributed by atoms with Gasteiger partial charge in [0.05, 0.1) is 12.2 Å². The second-order valence-electron chi connectivity index (χ2n) is 3.05. The van der Waals surface area contributed by atoms with E-state index in [1.165, 1.54) is 0 Å². The molecule has 3 N–H and O–H groups in total. The molecule has 0 spiro atoms.